The van der Waals surface area contributed by atoms with Gasteiger partial charge in [-0.15, -0.1) is 0 Å². The summed E-state index contributed by atoms with van der Waals surface area (Å²) in [5.74, 6) is 0.884. The number of aliphatic hydroxyl groups excluding tert-OH is 1. The van der Waals surface area contributed by atoms with Gasteiger partial charge in [0, 0.05) is 15.6 Å². The number of hydrogen-bond donors (Lipinski definition) is 1. The lowest BCUT2D eigenvalue weighted by Gasteiger charge is -2.36. The van der Waals surface area contributed by atoms with Crippen LogP contribution in [-0.4, -0.2) is 5.11 Å². The van der Waals surface area contributed by atoms with Crippen LogP contribution in [0.2, 0.25) is 10.0 Å². The van der Waals surface area contributed by atoms with Crippen molar-refractivity contribution in [3.05, 3.63) is 33.8 Å². The van der Waals surface area contributed by atoms with E-state index in [9.17, 15) is 10.4 Å². The molecule has 2 fully saturated rings. The summed E-state index contributed by atoms with van der Waals surface area (Å²) in [5.41, 5.74) is -0.0411. The van der Waals surface area contributed by atoms with Crippen molar-refractivity contribution in [2.45, 2.75) is 31.8 Å². The molecule has 1 N–H and O–H groups in total. The fraction of sp³-hybridized carbons (Fsp3) is 0.533. The molecule has 3 rings (SSSR count). The Labute approximate surface area is 122 Å². The first-order chi connectivity index (χ1) is 9.06. The van der Waals surface area contributed by atoms with Crippen molar-refractivity contribution in [1.82, 2.24) is 0 Å². The number of halogens is 2. The highest BCUT2D eigenvalue weighted by molar-refractivity contribution is 6.35. The molecule has 4 atom stereocenters. The average Bonchev–Trinajstić information content (AvgIpc) is 2.98. The Morgan fingerprint density at radius 2 is 2.16 bits per heavy atom. The van der Waals surface area contributed by atoms with Gasteiger partial charge in [0.25, 0.3) is 0 Å². The standard InChI is InChI=1S/C15H15Cl2NO/c16-11-3-4-12(13(17)6-11)14(19)15(8-18)7-9-1-2-10(15)5-9/h3-4,6,9-10,14,19H,1-2,5,7H2. The minimum Gasteiger partial charge on any atom is -0.387 e. The predicted octanol–water partition coefficient (Wildman–Crippen LogP) is 4.36. The minimum absolute atomic E-state index is 0.296. The largest absolute Gasteiger partial charge is 0.387 e. The molecule has 2 saturated carbocycles. The molecule has 0 amide bonds. The van der Waals surface area contributed by atoms with Crippen LogP contribution >= 0.6 is 23.2 Å². The van der Waals surface area contributed by atoms with E-state index < -0.39 is 11.5 Å². The molecule has 100 valence electrons. The zero-order valence-electron chi connectivity index (χ0n) is 10.4. The number of rotatable bonds is 2. The van der Waals surface area contributed by atoms with Gasteiger partial charge < -0.3 is 5.11 Å². The number of nitriles is 1. The lowest BCUT2D eigenvalue weighted by atomic mass is 9.68. The molecule has 0 spiro atoms. The van der Waals surface area contributed by atoms with Gasteiger partial charge in [0.15, 0.2) is 0 Å². The second-order valence-electron chi connectivity index (χ2n) is 5.80. The molecular formula is C15H15Cl2NO. The Kier molecular flexibility index (Phi) is 3.25. The topological polar surface area (TPSA) is 44.0 Å². The summed E-state index contributed by atoms with van der Waals surface area (Å²) in [7, 11) is 0. The van der Waals surface area contributed by atoms with Crippen molar-refractivity contribution in [3.63, 3.8) is 0 Å². The lowest BCUT2D eigenvalue weighted by Crippen LogP contribution is -2.33. The van der Waals surface area contributed by atoms with Crippen LogP contribution in [-0.2, 0) is 0 Å². The summed E-state index contributed by atoms with van der Waals surface area (Å²) in [6.45, 7) is 0. The molecule has 2 aliphatic carbocycles. The van der Waals surface area contributed by atoms with Crippen molar-refractivity contribution in [3.8, 4) is 6.07 Å². The van der Waals surface area contributed by atoms with Crippen molar-refractivity contribution in [2.75, 3.05) is 0 Å². The van der Waals surface area contributed by atoms with Crippen LogP contribution < -0.4 is 0 Å². The third kappa shape index (κ3) is 1.96. The van der Waals surface area contributed by atoms with Crippen molar-refractivity contribution >= 4 is 23.2 Å². The van der Waals surface area contributed by atoms with Crippen LogP contribution in [0.4, 0.5) is 0 Å². The molecule has 0 saturated heterocycles. The number of fused-ring (bicyclic) bond motifs is 2. The van der Waals surface area contributed by atoms with Gasteiger partial charge in [-0.05, 0) is 43.2 Å². The van der Waals surface area contributed by atoms with E-state index in [1.165, 1.54) is 6.42 Å². The van der Waals surface area contributed by atoms with Gasteiger partial charge in [-0.2, -0.15) is 5.26 Å². The molecule has 0 heterocycles. The molecule has 2 nitrogen and oxygen atoms in total. The Morgan fingerprint density at radius 1 is 1.37 bits per heavy atom. The van der Waals surface area contributed by atoms with Gasteiger partial charge in [0.1, 0.15) is 0 Å². The predicted molar refractivity (Wildman–Crippen MR) is 74.9 cm³/mol. The SMILES string of the molecule is N#CC1(C(O)c2ccc(Cl)cc2Cl)CC2CCC1C2. The summed E-state index contributed by atoms with van der Waals surface area (Å²) in [5, 5.41) is 21.3. The summed E-state index contributed by atoms with van der Waals surface area (Å²) >= 11 is 12.1. The molecule has 19 heavy (non-hydrogen) atoms. The van der Waals surface area contributed by atoms with E-state index in [0.717, 1.165) is 19.3 Å². The van der Waals surface area contributed by atoms with E-state index in [-0.39, 0.29) is 0 Å². The fourth-order valence-corrected chi connectivity index (χ4v) is 4.42. The van der Waals surface area contributed by atoms with E-state index >= 15 is 0 Å². The molecule has 0 aromatic heterocycles. The second-order valence-corrected chi connectivity index (χ2v) is 6.64. The summed E-state index contributed by atoms with van der Waals surface area (Å²) < 4.78 is 0. The third-order valence-corrected chi connectivity index (χ3v) is 5.41. The summed E-state index contributed by atoms with van der Waals surface area (Å²) in [6, 6.07) is 7.48. The molecule has 0 radical (unpaired) electrons. The molecule has 4 heteroatoms. The molecule has 1 aromatic carbocycles. The zero-order chi connectivity index (χ0) is 13.6. The van der Waals surface area contributed by atoms with Crippen LogP contribution in [0.25, 0.3) is 0 Å². The Morgan fingerprint density at radius 3 is 2.68 bits per heavy atom. The Balaban J connectivity index is 1.99. The van der Waals surface area contributed by atoms with Gasteiger partial charge in [0.2, 0.25) is 0 Å². The molecule has 4 unspecified atom stereocenters. The quantitative estimate of drug-likeness (QED) is 0.881. The normalized spacial score (nSPS) is 34.2. The highest BCUT2D eigenvalue weighted by atomic mass is 35.5. The van der Waals surface area contributed by atoms with Crippen molar-refractivity contribution in [1.29, 1.82) is 5.26 Å². The van der Waals surface area contributed by atoms with Crippen LogP contribution in [0, 0.1) is 28.6 Å². The Hall–Kier alpha value is -0.750. The first kappa shape index (κ1) is 13.2. The lowest BCUT2D eigenvalue weighted by molar-refractivity contribution is 0.0234. The van der Waals surface area contributed by atoms with E-state index in [1.807, 2.05) is 0 Å². The maximum Gasteiger partial charge on any atom is 0.0993 e. The highest BCUT2D eigenvalue weighted by Crippen LogP contribution is 2.61. The van der Waals surface area contributed by atoms with E-state index in [0.29, 0.717) is 27.4 Å². The summed E-state index contributed by atoms with van der Waals surface area (Å²) in [6.07, 6.45) is 3.26. The molecule has 2 aliphatic rings. The zero-order valence-corrected chi connectivity index (χ0v) is 12.0. The average molecular weight is 296 g/mol. The smallest absolute Gasteiger partial charge is 0.0993 e. The van der Waals surface area contributed by atoms with Gasteiger partial charge in [-0.1, -0.05) is 35.7 Å². The van der Waals surface area contributed by atoms with Crippen LogP contribution in [0.5, 0.6) is 0 Å². The maximum atomic E-state index is 10.7. The fourth-order valence-electron chi connectivity index (χ4n) is 3.91. The summed E-state index contributed by atoms with van der Waals surface area (Å²) in [4.78, 5) is 0. The monoisotopic (exact) mass is 295 g/mol. The first-order valence-corrected chi connectivity index (χ1v) is 7.36. The number of benzene rings is 1. The van der Waals surface area contributed by atoms with Gasteiger partial charge in [-0.25, -0.2) is 0 Å². The van der Waals surface area contributed by atoms with E-state index in [2.05, 4.69) is 6.07 Å². The van der Waals surface area contributed by atoms with Crippen LogP contribution in [0.3, 0.4) is 0 Å². The molecule has 1 aromatic rings. The molecular weight excluding hydrogens is 281 g/mol. The minimum atomic E-state index is -0.822. The Bertz CT molecular complexity index is 554. The van der Waals surface area contributed by atoms with E-state index in [1.54, 1.807) is 18.2 Å². The van der Waals surface area contributed by atoms with E-state index in [4.69, 9.17) is 23.2 Å². The van der Waals surface area contributed by atoms with Crippen molar-refractivity contribution in [2.24, 2.45) is 17.3 Å². The van der Waals surface area contributed by atoms with Gasteiger partial charge in [-0.3, -0.25) is 0 Å². The van der Waals surface area contributed by atoms with Gasteiger partial charge >= 0.3 is 0 Å². The van der Waals surface area contributed by atoms with Crippen molar-refractivity contribution < 1.29 is 5.11 Å². The number of nitrogens with zero attached hydrogens (tertiary/aromatic N) is 1. The van der Waals surface area contributed by atoms with Crippen LogP contribution in [0.15, 0.2) is 18.2 Å². The molecule has 0 aliphatic heterocycles. The second kappa shape index (κ2) is 4.66. The van der Waals surface area contributed by atoms with Gasteiger partial charge in [0.05, 0.1) is 17.6 Å². The van der Waals surface area contributed by atoms with Crippen LogP contribution in [0.1, 0.15) is 37.4 Å². The third-order valence-electron chi connectivity index (χ3n) is 4.85. The highest BCUT2D eigenvalue weighted by Gasteiger charge is 2.56. The number of aliphatic hydroxyl groups is 1. The number of hydrogen-bond acceptors (Lipinski definition) is 2. The first-order valence-electron chi connectivity index (χ1n) is 6.61. The molecule has 2 bridgehead atoms. The maximum absolute atomic E-state index is 10.7.